The molecule has 1 fully saturated rings. The molecule has 26 heavy (non-hydrogen) atoms. The highest BCUT2D eigenvalue weighted by Crippen LogP contribution is 2.17. The number of benzene rings is 1. The van der Waals surface area contributed by atoms with E-state index in [-0.39, 0.29) is 19.1 Å². The molecule has 7 nitrogen and oxygen atoms in total. The summed E-state index contributed by atoms with van der Waals surface area (Å²) in [6.07, 6.45) is 5.29. The molecule has 1 saturated carbocycles. The number of carbonyl (C=O) groups is 3. The van der Waals surface area contributed by atoms with Crippen LogP contribution in [0.4, 0.5) is 4.79 Å². The van der Waals surface area contributed by atoms with Crippen molar-refractivity contribution >= 4 is 17.9 Å². The van der Waals surface area contributed by atoms with Crippen LogP contribution >= 0.6 is 0 Å². The van der Waals surface area contributed by atoms with Crippen LogP contribution in [0.5, 0.6) is 0 Å². The fourth-order valence-electron chi connectivity index (χ4n) is 3.09. The number of ether oxygens (including phenoxy) is 1. The lowest BCUT2D eigenvalue weighted by Gasteiger charge is -2.23. The predicted octanol–water partition coefficient (Wildman–Crippen LogP) is 1.82. The van der Waals surface area contributed by atoms with E-state index in [0.717, 1.165) is 31.2 Å². The van der Waals surface area contributed by atoms with Crippen molar-refractivity contribution < 1.29 is 19.1 Å². The third-order valence-electron chi connectivity index (χ3n) is 4.39. The second-order valence-electron chi connectivity index (χ2n) is 6.56. The van der Waals surface area contributed by atoms with Gasteiger partial charge in [-0.25, -0.2) is 4.79 Å². The van der Waals surface area contributed by atoms with E-state index in [9.17, 15) is 14.4 Å². The lowest BCUT2D eigenvalue weighted by Crippen LogP contribution is -2.48. The number of methoxy groups -OCH3 is 1. The van der Waals surface area contributed by atoms with Crippen molar-refractivity contribution in [2.45, 2.75) is 44.7 Å². The zero-order chi connectivity index (χ0) is 18.8. The Kier molecular flexibility index (Phi) is 8.08. The summed E-state index contributed by atoms with van der Waals surface area (Å²) in [6, 6.07) is 9.17. The average molecular weight is 361 g/mol. The molecule has 0 spiro atoms. The van der Waals surface area contributed by atoms with Crippen LogP contribution in [-0.4, -0.2) is 49.0 Å². The second kappa shape index (κ2) is 10.6. The van der Waals surface area contributed by atoms with Crippen LogP contribution in [0.15, 0.2) is 30.3 Å². The van der Waals surface area contributed by atoms with E-state index in [1.54, 1.807) is 4.90 Å². The van der Waals surface area contributed by atoms with Gasteiger partial charge in [0.1, 0.15) is 0 Å². The number of nitrogens with zero attached hydrogens (tertiary/aromatic N) is 1. The number of carbonyl (C=O) groups excluding carboxylic acids is 3. The number of esters is 1. The first kappa shape index (κ1) is 19.9. The number of imide groups is 1. The SMILES string of the molecule is COC(=O)CN(CC(=O)NC(=O)NC1CCCCC1)Cc1ccccc1. The molecule has 0 bridgehead atoms. The minimum atomic E-state index is -0.473. The smallest absolute Gasteiger partial charge is 0.321 e. The van der Waals surface area contributed by atoms with E-state index in [2.05, 4.69) is 15.4 Å². The second-order valence-corrected chi connectivity index (χ2v) is 6.56. The molecule has 3 amide bonds. The summed E-state index contributed by atoms with van der Waals surface area (Å²) in [4.78, 5) is 37.4. The fraction of sp³-hybridized carbons (Fsp3) is 0.526. The zero-order valence-electron chi connectivity index (χ0n) is 15.2. The Morgan fingerprint density at radius 3 is 2.42 bits per heavy atom. The quantitative estimate of drug-likeness (QED) is 0.724. The molecule has 1 aliphatic carbocycles. The Balaban J connectivity index is 1.85. The first-order valence-electron chi connectivity index (χ1n) is 9.00. The van der Waals surface area contributed by atoms with Crippen LogP contribution in [0.1, 0.15) is 37.7 Å². The highest BCUT2D eigenvalue weighted by molar-refractivity contribution is 5.95. The van der Waals surface area contributed by atoms with Crippen molar-refractivity contribution in [2.24, 2.45) is 0 Å². The van der Waals surface area contributed by atoms with Gasteiger partial charge in [0.15, 0.2) is 0 Å². The predicted molar refractivity (Wildman–Crippen MR) is 97.3 cm³/mol. The molecule has 0 aromatic heterocycles. The van der Waals surface area contributed by atoms with Gasteiger partial charge in [0.25, 0.3) is 0 Å². The molecule has 0 aliphatic heterocycles. The van der Waals surface area contributed by atoms with E-state index in [0.29, 0.717) is 6.54 Å². The Hall–Kier alpha value is -2.41. The Morgan fingerprint density at radius 2 is 1.77 bits per heavy atom. The van der Waals surface area contributed by atoms with E-state index in [1.165, 1.54) is 13.5 Å². The van der Waals surface area contributed by atoms with Crippen LogP contribution in [0.25, 0.3) is 0 Å². The third kappa shape index (κ3) is 7.23. The summed E-state index contributed by atoms with van der Waals surface area (Å²) >= 11 is 0. The lowest BCUT2D eigenvalue weighted by molar-refractivity contribution is -0.142. The summed E-state index contributed by atoms with van der Waals surface area (Å²) < 4.78 is 4.69. The highest BCUT2D eigenvalue weighted by Gasteiger charge is 2.19. The van der Waals surface area contributed by atoms with E-state index in [4.69, 9.17) is 0 Å². The van der Waals surface area contributed by atoms with Crippen LogP contribution in [0.2, 0.25) is 0 Å². The molecule has 1 aliphatic rings. The number of amides is 3. The van der Waals surface area contributed by atoms with Gasteiger partial charge >= 0.3 is 12.0 Å². The minimum absolute atomic E-state index is 0.0247. The lowest BCUT2D eigenvalue weighted by atomic mass is 9.96. The molecule has 2 rings (SSSR count). The molecule has 1 aromatic rings. The van der Waals surface area contributed by atoms with Gasteiger partial charge in [0.2, 0.25) is 5.91 Å². The molecule has 0 atom stereocenters. The van der Waals surface area contributed by atoms with Gasteiger partial charge < -0.3 is 10.1 Å². The molecule has 7 heteroatoms. The van der Waals surface area contributed by atoms with Gasteiger partial charge in [0.05, 0.1) is 20.2 Å². The van der Waals surface area contributed by atoms with Gasteiger partial charge in [-0.1, -0.05) is 49.6 Å². The van der Waals surface area contributed by atoms with Crippen LogP contribution < -0.4 is 10.6 Å². The molecule has 0 unspecified atom stereocenters. The van der Waals surface area contributed by atoms with Crippen LogP contribution in [0, 0.1) is 0 Å². The Morgan fingerprint density at radius 1 is 1.08 bits per heavy atom. The zero-order valence-corrected chi connectivity index (χ0v) is 15.2. The minimum Gasteiger partial charge on any atom is -0.468 e. The molecular weight excluding hydrogens is 334 g/mol. The average Bonchev–Trinajstić information content (AvgIpc) is 2.63. The molecule has 0 radical (unpaired) electrons. The normalized spacial score (nSPS) is 14.7. The van der Waals surface area contributed by atoms with Crippen molar-refractivity contribution in [1.29, 1.82) is 0 Å². The number of rotatable bonds is 7. The Bertz CT molecular complexity index is 600. The monoisotopic (exact) mass is 361 g/mol. The standard InChI is InChI=1S/C19H27N3O4/c1-26-18(24)14-22(12-15-8-4-2-5-9-15)13-17(23)21-19(25)20-16-10-6-3-7-11-16/h2,4-5,8-9,16H,3,6-7,10-14H2,1H3,(H2,20,21,23,25). The summed E-state index contributed by atoms with van der Waals surface area (Å²) in [5.74, 6) is -0.876. The van der Waals surface area contributed by atoms with Gasteiger partial charge in [0, 0.05) is 12.6 Å². The maximum atomic E-state index is 12.2. The van der Waals surface area contributed by atoms with Crippen molar-refractivity contribution in [3.63, 3.8) is 0 Å². The largest absolute Gasteiger partial charge is 0.468 e. The topological polar surface area (TPSA) is 87.7 Å². The number of hydrogen-bond acceptors (Lipinski definition) is 5. The van der Waals surface area contributed by atoms with Gasteiger partial charge in [-0.3, -0.25) is 19.8 Å². The molecule has 0 saturated heterocycles. The molecule has 142 valence electrons. The molecular formula is C19H27N3O4. The fourth-order valence-corrected chi connectivity index (χ4v) is 3.09. The highest BCUT2D eigenvalue weighted by atomic mass is 16.5. The molecule has 1 aromatic carbocycles. The number of hydrogen-bond donors (Lipinski definition) is 2. The van der Waals surface area contributed by atoms with Crippen LogP contribution in [0.3, 0.4) is 0 Å². The summed E-state index contributed by atoms with van der Waals surface area (Å²) in [5, 5.41) is 5.20. The molecule has 2 N–H and O–H groups in total. The van der Waals surface area contributed by atoms with E-state index < -0.39 is 17.9 Å². The summed E-state index contributed by atoms with van der Waals surface area (Å²) in [6.45, 7) is 0.318. The van der Waals surface area contributed by atoms with Crippen LogP contribution in [-0.2, 0) is 20.9 Å². The summed E-state index contributed by atoms with van der Waals surface area (Å²) in [7, 11) is 1.31. The van der Waals surface area contributed by atoms with Crippen molar-refractivity contribution in [2.75, 3.05) is 20.2 Å². The van der Waals surface area contributed by atoms with Gasteiger partial charge in [-0.15, -0.1) is 0 Å². The number of urea groups is 1. The third-order valence-corrected chi connectivity index (χ3v) is 4.39. The summed E-state index contributed by atoms with van der Waals surface area (Å²) in [5.41, 5.74) is 0.968. The van der Waals surface area contributed by atoms with E-state index >= 15 is 0 Å². The van der Waals surface area contributed by atoms with Crippen molar-refractivity contribution in [3.8, 4) is 0 Å². The first-order chi connectivity index (χ1) is 12.6. The number of nitrogens with one attached hydrogen (secondary N) is 2. The molecule has 0 heterocycles. The first-order valence-corrected chi connectivity index (χ1v) is 9.00. The Labute approximate surface area is 154 Å². The van der Waals surface area contributed by atoms with Gasteiger partial charge in [-0.2, -0.15) is 0 Å². The van der Waals surface area contributed by atoms with Gasteiger partial charge in [-0.05, 0) is 18.4 Å². The maximum absolute atomic E-state index is 12.2. The van der Waals surface area contributed by atoms with Crippen molar-refractivity contribution in [1.82, 2.24) is 15.5 Å². The van der Waals surface area contributed by atoms with Crippen molar-refractivity contribution in [3.05, 3.63) is 35.9 Å². The van der Waals surface area contributed by atoms with E-state index in [1.807, 2.05) is 30.3 Å². The maximum Gasteiger partial charge on any atom is 0.321 e.